The van der Waals surface area contributed by atoms with Gasteiger partial charge in [0.05, 0.1) is 12.4 Å². The van der Waals surface area contributed by atoms with Crippen LogP contribution in [0.5, 0.6) is 0 Å². The first kappa shape index (κ1) is 20.9. The standard InChI is InChI=1S/C26H22N4O2/c31-25(29-27-17-19-9-11-21-5-1-3-7-23(21)15-19)13-14-26(32)30-28-18-20-10-12-22-6-2-4-8-24(22)16-20/h1-12,15-18H,13-14H2,(H,29,31)(H,30,32). The molecule has 2 N–H and O–H groups in total. The summed E-state index contributed by atoms with van der Waals surface area (Å²) >= 11 is 0. The third kappa shape index (κ3) is 5.64. The van der Waals surface area contributed by atoms with E-state index in [9.17, 15) is 9.59 Å². The van der Waals surface area contributed by atoms with E-state index in [2.05, 4.69) is 21.1 Å². The van der Waals surface area contributed by atoms with Crippen LogP contribution in [0.3, 0.4) is 0 Å². The van der Waals surface area contributed by atoms with E-state index in [1.54, 1.807) is 12.4 Å². The van der Waals surface area contributed by atoms with Gasteiger partial charge in [-0.25, -0.2) is 10.9 Å². The van der Waals surface area contributed by atoms with Crippen LogP contribution >= 0.6 is 0 Å². The number of amides is 2. The highest BCUT2D eigenvalue weighted by atomic mass is 16.2. The summed E-state index contributed by atoms with van der Waals surface area (Å²) in [6.45, 7) is 0. The van der Waals surface area contributed by atoms with Crippen molar-refractivity contribution >= 4 is 45.8 Å². The monoisotopic (exact) mass is 422 g/mol. The summed E-state index contributed by atoms with van der Waals surface area (Å²) in [5.41, 5.74) is 6.65. The molecule has 0 aromatic heterocycles. The van der Waals surface area contributed by atoms with Crippen LogP contribution in [0.1, 0.15) is 24.0 Å². The molecule has 0 aliphatic rings. The van der Waals surface area contributed by atoms with Crippen LogP contribution in [0.4, 0.5) is 0 Å². The molecule has 0 saturated heterocycles. The first-order valence-corrected chi connectivity index (χ1v) is 10.3. The molecule has 4 aromatic carbocycles. The Labute approximate surface area is 185 Å². The molecule has 0 spiro atoms. The Morgan fingerprint density at radius 1 is 0.594 bits per heavy atom. The van der Waals surface area contributed by atoms with Crippen LogP contribution in [0, 0.1) is 0 Å². The maximum Gasteiger partial charge on any atom is 0.240 e. The molecule has 0 aliphatic carbocycles. The van der Waals surface area contributed by atoms with E-state index in [-0.39, 0.29) is 24.7 Å². The minimum Gasteiger partial charge on any atom is -0.273 e. The number of hydrogen-bond acceptors (Lipinski definition) is 4. The van der Waals surface area contributed by atoms with Crippen LogP contribution in [0.15, 0.2) is 95.1 Å². The van der Waals surface area contributed by atoms with Gasteiger partial charge in [0.25, 0.3) is 0 Å². The van der Waals surface area contributed by atoms with Crippen LogP contribution in [-0.4, -0.2) is 24.2 Å². The number of benzene rings is 4. The molecule has 32 heavy (non-hydrogen) atoms. The Hall–Kier alpha value is -4.32. The summed E-state index contributed by atoms with van der Waals surface area (Å²) in [5.74, 6) is -0.675. The number of nitrogens with zero attached hydrogens (tertiary/aromatic N) is 2. The quantitative estimate of drug-likeness (QED) is 0.342. The lowest BCUT2D eigenvalue weighted by Crippen LogP contribution is -2.22. The highest BCUT2D eigenvalue weighted by Gasteiger charge is 2.05. The lowest BCUT2D eigenvalue weighted by Gasteiger charge is -2.01. The molecule has 6 nitrogen and oxygen atoms in total. The average Bonchev–Trinajstić information content (AvgIpc) is 2.82. The number of hydrogen-bond donors (Lipinski definition) is 2. The third-order valence-electron chi connectivity index (χ3n) is 4.93. The van der Waals surface area contributed by atoms with Gasteiger partial charge in [-0.15, -0.1) is 0 Å². The maximum atomic E-state index is 11.9. The van der Waals surface area contributed by atoms with Crippen molar-refractivity contribution in [1.29, 1.82) is 0 Å². The molecule has 0 unspecified atom stereocenters. The lowest BCUT2D eigenvalue weighted by atomic mass is 10.1. The second-order valence-electron chi connectivity index (χ2n) is 7.30. The fourth-order valence-electron chi connectivity index (χ4n) is 3.27. The molecule has 0 radical (unpaired) electrons. The largest absolute Gasteiger partial charge is 0.273 e. The van der Waals surface area contributed by atoms with Crippen molar-refractivity contribution in [1.82, 2.24) is 10.9 Å². The predicted octanol–water partition coefficient (Wildman–Crippen LogP) is 4.37. The van der Waals surface area contributed by atoms with E-state index in [1.807, 2.05) is 84.9 Å². The summed E-state index contributed by atoms with van der Waals surface area (Å²) in [7, 11) is 0. The van der Waals surface area contributed by atoms with Gasteiger partial charge in [0.2, 0.25) is 11.8 Å². The number of rotatable bonds is 7. The van der Waals surface area contributed by atoms with Crippen LogP contribution < -0.4 is 10.9 Å². The van der Waals surface area contributed by atoms with E-state index in [1.165, 1.54) is 0 Å². The number of hydrazone groups is 2. The van der Waals surface area contributed by atoms with Gasteiger partial charge in [-0.1, -0.05) is 72.8 Å². The molecule has 4 rings (SSSR count). The SMILES string of the molecule is O=C(CCC(=O)NN=Cc1ccc2ccccc2c1)NN=Cc1ccc2ccccc2c1. The Morgan fingerprint density at radius 2 is 1.00 bits per heavy atom. The second kappa shape index (κ2) is 10.1. The van der Waals surface area contributed by atoms with Gasteiger partial charge < -0.3 is 0 Å². The van der Waals surface area contributed by atoms with Gasteiger partial charge >= 0.3 is 0 Å². The first-order valence-electron chi connectivity index (χ1n) is 10.3. The van der Waals surface area contributed by atoms with Crippen molar-refractivity contribution in [3.05, 3.63) is 96.1 Å². The Kier molecular flexibility index (Phi) is 6.63. The molecule has 0 heterocycles. The summed E-state index contributed by atoms with van der Waals surface area (Å²) in [6, 6.07) is 27.9. The van der Waals surface area contributed by atoms with Crippen molar-refractivity contribution in [2.24, 2.45) is 10.2 Å². The number of nitrogens with one attached hydrogen (secondary N) is 2. The average molecular weight is 422 g/mol. The van der Waals surface area contributed by atoms with Crippen molar-refractivity contribution < 1.29 is 9.59 Å². The van der Waals surface area contributed by atoms with Gasteiger partial charge in [0.15, 0.2) is 0 Å². The van der Waals surface area contributed by atoms with Gasteiger partial charge in [-0.3, -0.25) is 9.59 Å². The van der Waals surface area contributed by atoms with Crippen LogP contribution in [0.2, 0.25) is 0 Å². The zero-order valence-corrected chi connectivity index (χ0v) is 17.4. The van der Waals surface area contributed by atoms with Gasteiger partial charge in [-0.2, -0.15) is 10.2 Å². The number of carbonyl (C=O) groups is 2. The Morgan fingerprint density at radius 3 is 1.44 bits per heavy atom. The van der Waals surface area contributed by atoms with Gasteiger partial charge in [0.1, 0.15) is 0 Å². The predicted molar refractivity (Wildman–Crippen MR) is 129 cm³/mol. The van der Waals surface area contributed by atoms with Crippen molar-refractivity contribution in [2.45, 2.75) is 12.8 Å². The molecular formula is C26H22N4O2. The highest BCUT2D eigenvalue weighted by Crippen LogP contribution is 2.15. The van der Waals surface area contributed by atoms with Gasteiger partial charge in [-0.05, 0) is 44.8 Å². The van der Waals surface area contributed by atoms with E-state index >= 15 is 0 Å². The molecule has 4 aromatic rings. The van der Waals surface area contributed by atoms with Crippen molar-refractivity contribution in [2.75, 3.05) is 0 Å². The fourth-order valence-corrected chi connectivity index (χ4v) is 3.27. The molecule has 0 aliphatic heterocycles. The summed E-state index contributed by atoms with van der Waals surface area (Å²) in [6.07, 6.45) is 3.20. The highest BCUT2D eigenvalue weighted by molar-refractivity contribution is 5.92. The molecule has 0 bridgehead atoms. The maximum absolute atomic E-state index is 11.9. The van der Waals surface area contributed by atoms with E-state index < -0.39 is 0 Å². The fraction of sp³-hybridized carbons (Fsp3) is 0.0769. The molecule has 158 valence electrons. The molecule has 0 atom stereocenters. The zero-order chi connectivity index (χ0) is 22.2. The third-order valence-corrected chi connectivity index (χ3v) is 4.93. The van der Waals surface area contributed by atoms with Crippen molar-refractivity contribution in [3.63, 3.8) is 0 Å². The summed E-state index contributed by atoms with van der Waals surface area (Å²) < 4.78 is 0. The Balaban J connectivity index is 1.21. The summed E-state index contributed by atoms with van der Waals surface area (Å²) in [4.78, 5) is 23.9. The molecular weight excluding hydrogens is 400 g/mol. The van der Waals surface area contributed by atoms with E-state index in [0.717, 1.165) is 32.7 Å². The topological polar surface area (TPSA) is 82.9 Å². The molecule has 0 saturated carbocycles. The van der Waals surface area contributed by atoms with Crippen LogP contribution in [-0.2, 0) is 9.59 Å². The van der Waals surface area contributed by atoms with Crippen molar-refractivity contribution in [3.8, 4) is 0 Å². The molecule has 0 fully saturated rings. The lowest BCUT2D eigenvalue weighted by molar-refractivity contribution is -0.126. The first-order chi connectivity index (χ1) is 15.7. The van der Waals surface area contributed by atoms with E-state index in [4.69, 9.17) is 0 Å². The minimum absolute atomic E-state index is 0.0202. The summed E-state index contributed by atoms with van der Waals surface area (Å²) in [5, 5.41) is 12.4. The van der Waals surface area contributed by atoms with E-state index in [0.29, 0.717) is 0 Å². The molecule has 2 amide bonds. The number of fused-ring (bicyclic) bond motifs is 2. The minimum atomic E-state index is -0.337. The molecule has 6 heteroatoms. The zero-order valence-electron chi connectivity index (χ0n) is 17.4. The van der Waals surface area contributed by atoms with Gasteiger partial charge in [0, 0.05) is 12.8 Å². The van der Waals surface area contributed by atoms with Crippen LogP contribution in [0.25, 0.3) is 21.5 Å². The smallest absolute Gasteiger partial charge is 0.240 e. The second-order valence-corrected chi connectivity index (χ2v) is 7.30. The number of carbonyl (C=O) groups excluding carboxylic acids is 2. The normalized spacial score (nSPS) is 11.4. The Bertz CT molecular complexity index is 1220.